The number of aryl methyl sites for hydroxylation is 1. The Morgan fingerprint density at radius 3 is 2.62 bits per heavy atom. The fraction of sp³-hybridized carbons (Fsp3) is 0.333. The van der Waals surface area contributed by atoms with Crippen molar-refractivity contribution in [2.24, 2.45) is 0 Å². The number of ether oxygens (including phenoxy) is 1. The zero-order chi connectivity index (χ0) is 15.2. The number of nitrogens with one attached hydrogen (secondary N) is 1. The van der Waals surface area contributed by atoms with Crippen LogP contribution in [0.1, 0.15) is 37.4 Å². The second-order valence-corrected chi connectivity index (χ2v) is 5.53. The molecule has 0 aromatic heterocycles. The molecule has 2 rings (SSSR count). The first-order valence-corrected chi connectivity index (χ1v) is 7.77. The number of hydrogen-bond acceptors (Lipinski definition) is 2. The average Bonchev–Trinajstić information content (AvgIpc) is 2.47. The van der Waals surface area contributed by atoms with Gasteiger partial charge in [0.25, 0.3) is 0 Å². The Balaban J connectivity index is 2.26. The molecule has 0 saturated heterocycles. The normalized spacial score (nSPS) is 12.0. The van der Waals surface area contributed by atoms with Gasteiger partial charge in [0.1, 0.15) is 5.75 Å². The van der Waals surface area contributed by atoms with Crippen LogP contribution in [-0.4, -0.2) is 6.61 Å². The fourth-order valence-corrected chi connectivity index (χ4v) is 2.55. The summed E-state index contributed by atoms with van der Waals surface area (Å²) in [6.07, 6.45) is 0.972. The van der Waals surface area contributed by atoms with Crippen LogP contribution in [0, 0.1) is 6.92 Å². The lowest BCUT2D eigenvalue weighted by Gasteiger charge is -2.21. The van der Waals surface area contributed by atoms with E-state index in [2.05, 4.69) is 43.4 Å². The standard InChI is InChI=1S/C18H22ClNO/c1-4-16(14-7-6-8-15(19)12-14)20-17-10-9-13(3)11-18(17)21-5-2/h6-12,16,20H,4-5H2,1-3H3. The quantitative estimate of drug-likeness (QED) is 0.749. The number of hydrogen-bond donors (Lipinski definition) is 1. The molecule has 0 saturated carbocycles. The zero-order valence-corrected chi connectivity index (χ0v) is 13.6. The van der Waals surface area contributed by atoms with Crippen LogP contribution in [0.15, 0.2) is 42.5 Å². The minimum absolute atomic E-state index is 0.214. The predicted octanol–water partition coefficient (Wildman–Crippen LogP) is 5.61. The Morgan fingerprint density at radius 2 is 1.95 bits per heavy atom. The number of benzene rings is 2. The van der Waals surface area contributed by atoms with E-state index in [-0.39, 0.29) is 6.04 Å². The molecular formula is C18H22ClNO. The van der Waals surface area contributed by atoms with Gasteiger partial charge in [0.05, 0.1) is 18.3 Å². The van der Waals surface area contributed by atoms with E-state index in [0.29, 0.717) is 6.61 Å². The summed E-state index contributed by atoms with van der Waals surface area (Å²) in [6, 6.07) is 14.4. The van der Waals surface area contributed by atoms with Crippen molar-refractivity contribution in [1.29, 1.82) is 0 Å². The molecule has 2 nitrogen and oxygen atoms in total. The summed E-state index contributed by atoms with van der Waals surface area (Å²) in [4.78, 5) is 0. The first kappa shape index (κ1) is 15.7. The molecule has 3 heteroatoms. The van der Waals surface area contributed by atoms with Crippen LogP contribution in [0.2, 0.25) is 5.02 Å². The van der Waals surface area contributed by atoms with Crippen molar-refractivity contribution in [3.63, 3.8) is 0 Å². The maximum Gasteiger partial charge on any atom is 0.142 e. The van der Waals surface area contributed by atoms with Gasteiger partial charge < -0.3 is 10.1 Å². The van der Waals surface area contributed by atoms with Gasteiger partial charge in [-0.25, -0.2) is 0 Å². The van der Waals surface area contributed by atoms with Crippen LogP contribution in [0.5, 0.6) is 5.75 Å². The van der Waals surface area contributed by atoms with Crippen LogP contribution in [0.25, 0.3) is 0 Å². The molecule has 21 heavy (non-hydrogen) atoms. The van der Waals surface area contributed by atoms with Crippen molar-refractivity contribution < 1.29 is 4.74 Å². The van der Waals surface area contributed by atoms with Crippen LogP contribution in [-0.2, 0) is 0 Å². The Hall–Kier alpha value is -1.67. The molecule has 1 unspecified atom stereocenters. The lowest BCUT2D eigenvalue weighted by molar-refractivity contribution is 0.341. The maximum atomic E-state index is 6.10. The molecule has 2 aromatic carbocycles. The van der Waals surface area contributed by atoms with Crippen LogP contribution >= 0.6 is 11.6 Å². The Labute approximate surface area is 132 Å². The largest absolute Gasteiger partial charge is 0.492 e. The van der Waals surface area contributed by atoms with E-state index in [1.165, 1.54) is 11.1 Å². The molecule has 0 spiro atoms. The van der Waals surface area contributed by atoms with Crippen LogP contribution in [0.3, 0.4) is 0 Å². The summed E-state index contributed by atoms with van der Waals surface area (Å²) < 4.78 is 5.73. The third-order valence-electron chi connectivity index (χ3n) is 3.43. The molecular weight excluding hydrogens is 282 g/mol. The van der Waals surface area contributed by atoms with Crippen molar-refractivity contribution in [1.82, 2.24) is 0 Å². The molecule has 112 valence electrons. The summed E-state index contributed by atoms with van der Waals surface area (Å²) in [5.41, 5.74) is 3.40. The summed E-state index contributed by atoms with van der Waals surface area (Å²) in [6.45, 7) is 6.89. The fourth-order valence-electron chi connectivity index (χ4n) is 2.36. The first-order valence-electron chi connectivity index (χ1n) is 7.39. The minimum Gasteiger partial charge on any atom is -0.492 e. The molecule has 0 aliphatic carbocycles. The minimum atomic E-state index is 0.214. The lowest BCUT2D eigenvalue weighted by atomic mass is 10.0. The topological polar surface area (TPSA) is 21.3 Å². The predicted molar refractivity (Wildman–Crippen MR) is 90.5 cm³/mol. The van der Waals surface area contributed by atoms with E-state index in [1.807, 2.05) is 25.1 Å². The van der Waals surface area contributed by atoms with Gasteiger partial charge in [0.15, 0.2) is 0 Å². The highest BCUT2D eigenvalue weighted by Gasteiger charge is 2.12. The van der Waals surface area contributed by atoms with Crippen LogP contribution < -0.4 is 10.1 Å². The van der Waals surface area contributed by atoms with Gasteiger partial charge in [-0.3, -0.25) is 0 Å². The van der Waals surface area contributed by atoms with E-state index in [9.17, 15) is 0 Å². The number of halogens is 1. The van der Waals surface area contributed by atoms with Gasteiger partial charge in [-0.2, -0.15) is 0 Å². The third kappa shape index (κ3) is 4.15. The lowest BCUT2D eigenvalue weighted by Crippen LogP contribution is -2.11. The smallest absolute Gasteiger partial charge is 0.142 e. The molecule has 2 aromatic rings. The Kier molecular flexibility index (Phi) is 5.51. The highest BCUT2D eigenvalue weighted by molar-refractivity contribution is 6.30. The Morgan fingerprint density at radius 1 is 1.14 bits per heavy atom. The van der Waals surface area contributed by atoms with Gasteiger partial charge in [0, 0.05) is 5.02 Å². The van der Waals surface area contributed by atoms with E-state index in [0.717, 1.165) is 22.9 Å². The van der Waals surface area contributed by atoms with Crippen molar-refractivity contribution in [2.75, 3.05) is 11.9 Å². The van der Waals surface area contributed by atoms with Crippen molar-refractivity contribution in [3.05, 3.63) is 58.6 Å². The van der Waals surface area contributed by atoms with Gasteiger partial charge >= 0.3 is 0 Å². The monoisotopic (exact) mass is 303 g/mol. The van der Waals surface area contributed by atoms with Crippen LogP contribution in [0.4, 0.5) is 5.69 Å². The Bertz CT molecular complexity index is 598. The van der Waals surface area contributed by atoms with Crippen molar-refractivity contribution >= 4 is 17.3 Å². The second kappa shape index (κ2) is 7.37. The SMILES string of the molecule is CCOc1cc(C)ccc1NC(CC)c1cccc(Cl)c1. The third-order valence-corrected chi connectivity index (χ3v) is 3.66. The molecule has 0 amide bonds. The molecule has 0 aliphatic rings. The summed E-state index contributed by atoms with van der Waals surface area (Å²) in [7, 11) is 0. The molecule has 0 radical (unpaired) electrons. The molecule has 0 fully saturated rings. The number of anilines is 1. The molecule has 1 atom stereocenters. The van der Waals surface area contributed by atoms with Crippen molar-refractivity contribution in [3.8, 4) is 5.75 Å². The summed E-state index contributed by atoms with van der Waals surface area (Å²) in [5, 5.41) is 4.33. The van der Waals surface area contributed by atoms with Gasteiger partial charge in [-0.05, 0) is 55.7 Å². The number of rotatable bonds is 6. The van der Waals surface area contributed by atoms with Crippen molar-refractivity contribution in [2.45, 2.75) is 33.2 Å². The maximum absolute atomic E-state index is 6.10. The summed E-state index contributed by atoms with van der Waals surface area (Å²) >= 11 is 6.10. The van der Waals surface area contributed by atoms with Gasteiger partial charge in [-0.1, -0.05) is 36.7 Å². The molecule has 1 N–H and O–H groups in total. The van der Waals surface area contributed by atoms with E-state index >= 15 is 0 Å². The second-order valence-electron chi connectivity index (χ2n) is 5.09. The van der Waals surface area contributed by atoms with E-state index in [1.54, 1.807) is 0 Å². The first-order chi connectivity index (χ1) is 10.1. The van der Waals surface area contributed by atoms with E-state index in [4.69, 9.17) is 16.3 Å². The summed E-state index contributed by atoms with van der Waals surface area (Å²) in [5.74, 6) is 0.901. The highest BCUT2D eigenvalue weighted by atomic mass is 35.5. The average molecular weight is 304 g/mol. The molecule has 0 heterocycles. The molecule has 0 bridgehead atoms. The van der Waals surface area contributed by atoms with Gasteiger partial charge in [0.2, 0.25) is 0 Å². The van der Waals surface area contributed by atoms with E-state index < -0.39 is 0 Å². The van der Waals surface area contributed by atoms with Gasteiger partial charge in [-0.15, -0.1) is 0 Å². The zero-order valence-electron chi connectivity index (χ0n) is 12.8. The highest BCUT2D eigenvalue weighted by Crippen LogP contribution is 2.31. The molecule has 0 aliphatic heterocycles.